The molecular weight excluding hydrogens is 393 g/mol. The Morgan fingerprint density at radius 1 is 1.26 bits per heavy atom. The van der Waals surface area contributed by atoms with Crippen LogP contribution in [0, 0.1) is 0 Å². The van der Waals surface area contributed by atoms with Crippen LogP contribution < -0.4 is 5.32 Å². The summed E-state index contributed by atoms with van der Waals surface area (Å²) in [6.45, 7) is 2.06. The molecule has 1 heterocycles. The van der Waals surface area contributed by atoms with Gasteiger partial charge in [0.1, 0.15) is 5.82 Å². The summed E-state index contributed by atoms with van der Waals surface area (Å²) < 4.78 is 1.83. The molecule has 0 amide bonds. The third kappa shape index (κ3) is 3.09. The quantitative estimate of drug-likeness (QED) is 0.787. The Balaban J connectivity index is 2.62. The molecule has 0 saturated carbocycles. The molecule has 19 heavy (non-hydrogen) atoms. The number of hydrogen-bond donors (Lipinski definition) is 1. The standard InChI is InChI=1S/C13H12Br2ClN3/c1-3-10-11(15)13(17-2)19-12(18-10)8-5-4-7(14)6-9(8)16/h4-6H,3H2,1-2H3,(H,17,18,19). The highest BCUT2D eigenvalue weighted by Gasteiger charge is 2.13. The molecular formula is C13H12Br2ClN3. The molecule has 1 N–H and O–H groups in total. The molecule has 0 bridgehead atoms. The number of nitrogens with zero attached hydrogens (tertiary/aromatic N) is 2. The Kier molecular flexibility index (Phi) is 4.81. The van der Waals surface area contributed by atoms with Crippen molar-refractivity contribution in [2.75, 3.05) is 12.4 Å². The summed E-state index contributed by atoms with van der Waals surface area (Å²) in [7, 11) is 1.83. The maximum absolute atomic E-state index is 6.25. The maximum Gasteiger partial charge on any atom is 0.163 e. The summed E-state index contributed by atoms with van der Waals surface area (Å²) in [6.07, 6.45) is 0.818. The average molecular weight is 406 g/mol. The van der Waals surface area contributed by atoms with Crippen molar-refractivity contribution in [3.63, 3.8) is 0 Å². The van der Waals surface area contributed by atoms with Crippen molar-refractivity contribution in [2.24, 2.45) is 0 Å². The van der Waals surface area contributed by atoms with Crippen LogP contribution in [0.15, 0.2) is 27.1 Å². The molecule has 0 fully saturated rings. The van der Waals surface area contributed by atoms with E-state index in [4.69, 9.17) is 11.6 Å². The van der Waals surface area contributed by atoms with Crippen LogP contribution in [-0.4, -0.2) is 17.0 Å². The number of hydrogen-bond acceptors (Lipinski definition) is 3. The summed E-state index contributed by atoms with van der Waals surface area (Å²) in [4.78, 5) is 9.05. The van der Waals surface area contributed by atoms with Gasteiger partial charge < -0.3 is 5.32 Å². The predicted molar refractivity (Wildman–Crippen MR) is 86.8 cm³/mol. The Morgan fingerprint density at radius 3 is 2.58 bits per heavy atom. The number of anilines is 1. The number of halogens is 3. The molecule has 1 aromatic carbocycles. The van der Waals surface area contributed by atoms with E-state index in [1.165, 1.54) is 0 Å². The van der Waals surface area contributed by atoms with Gasteiger partial charge in [0.15, 0.2) is 5.82 Å². The largest absolute Gasteiger partial charge is 0.372 e. The van der Waals surface area contributed by atoms with E-state index in [1.807, 2.05) is 25.2 Å². The third-order valence-electron chi connectivity index (χ3n) is 2.66. The molecule has 1 aromatic heterocycles. The van der Waals surface area contributed by atoms with Crippen LogP contribution in [0.3, 0.4) is 0 Å². The van der Waals surface area contributed by atoms with Gasteiger partial charge in [0.25, 0.3) is 0 Å². The summed E-state index contributed by atoms with van der Waals surface area (Å²) in [5.74, 6) is 1.39. The molecule has 0 unspecified atom stereocenters. The van der Waals surface area contributed by atoms with E-state index in [-0.39, 0.29) is 0 Å². The molecule has 3 nitrogen and oxygen atoms in total. The van der Waals surface area contributed by atoms with Gasteiger partial charge in [-0.3, -0.25) is 0 Å². The van der Waals surface area contributed by atoms with E-state index in [0.717, 1.165) is 32.4 Å². The van der Waals surface area contributed by atoms with Gasteiger partial charge in [0.2, 0.25) is 0 Å². The SMILES string of the molecule is CCc1nc(-c2ccc(Br)cc2Cl)nc(NC)c1Br. The Bertz CT molecular complexity index is 592. The second-order valence-electron chi connectivity index (χ2n) is 3.88. The van der Waals surface area contributed by atoms with Crippen molar-refractivity contribution in [2.45, 2.75) is 13.3 Å². The van der Waals surface area contributed by atoms with Gasteiger partial charge in [0, 0.05) is 17.1 Å². The van der Waals surface area contributed by atoms with Crippen LogP contribution in [0.25, 0.3) is 11.4 Å². The average Bonchev–Trinajstić information content (AvgIpc) is 2.39. The molecule has 0 atom stereocenters. The fourth-order valence-electron chi connectivity index (χ4n) is 1.68. The fraction of sp³-hybridized carbons (Fsp3) is 0.231. The molecule has 2 aromatic rings. The van der Waals surface area contributed by atoms with Crippen molar-refractivity contribution in [3.05, 3.63) is 37.9 Å². The first-order chi connectivity index (χ1) is 9.06. The number of rotatable bonds is 3. The van der Waals surface area contributed by atoms with Crippen molar-refractivity contribution >= 4 is 49.3 Å². The molecule has 0 aliphatic carbocycles. The normalized spacial score (nSPS) is 10.6. The lowest BCUT2D eigenvalue weighted by atomic mass is 10.2. The van der Waals surface area contributed by atoms with Gasteiger partial charge in [-0.2, -0.15) is 0 Å². The van der Waals surface area contributed by atoms with Gasteiger partial charge in [-0.1, -0.05) is 34.5 Å². The second kappa shape index (κ2) is 6.20. The van der Waals surface area contributed by atoms with E-state index < -0.39 is 0 Å². The van der Waals surface area contributed by atoms with Crippen molar-refractivity contribution in [3.8, 4) is 11.4 Å². The van der Waals surface area contributed by atoms with Gasteiger partial charge >= 0.3 is 0 Å². The van der Waals surface area contributed by atoms with Gasteiger partial charge in [0.05, 0.1) is 15.2 Å². The van der Waals surface area contributed by atoms with Gasteiger partial charge in [-0.25, -0.2) is 9.97 Å². The molecule has 0 aliphatic heterocycles. The predicted octanol–water partition coefficient (Wildman–Crippen LogP) is 4.93. The lowest BCUT2D eigenvalue weighted by Crippen LogP contribution is -2.03. The first kappa shape index (κ1) is 14.8. The van der Waals surface area contributed by atoms with Crippen molar-refractivity contribution in [1.29, 1.82) is 0 Å². The summed E-state index contributed by atoms with van der Waals surface area (Å²) in [5.41, 5.74) is 1.77. The first-order valence-electron chi connectivity index (χ1n) is 5.76. The van der Waals surface area contributed by atoms with Crippen LogP contribution >= 0.6 is 43.5 Å². The van der Waals surface area contributed by atoms with Crippen LogP contribution in [0.2, 0.25) is 5.02 Å². The Hall–Kier alpha value is -0.650. The highest BCUT2D eigenvalue weighted by molar-refractivity contribution is 9.11. The fourth-order valence-corrected chi connectivity index (χ4v) is 3.10. The molecule has 0 radical (unpaired) electrons. The summed E-state index contributed by atoms with van der Waals surface area (Å²) in [5, 5.41) is 3.69. The topological polar surface area (TPSA) is 37.8 Å². The minimum Gasteiger partial charge on any atom is -0.372 e. The molecule has 100 valence electrons. The van der Waals surface area contributed by atoms with E-state index >= 15 is 0 Å². The number of aryl methyl sites for hydroxylation is 1. The molecule has 0 aliphatic rings. The smallest absolute Gasteiger partial charge is 0.163 e. The second-order valence-corrected chi connectivity index (χ2v) is 6.00. The Labute approximate surface area is 134 Å². The van der Waals surface area contributed by atoms with Crippen LogP contribution in [0.4, 0.5) is 5.82 Å². The van der Waals surface area contributed by atoms with E-state index in [1.54, 1.807) is 0 Å². The zero-order valence-corrected chi connectivity index (χ0v) is 14.4. The summed E-state index contributed by atoms with van der Waals surface area (Å²) in [6, 6.07) is 5.68. The molecule has 6 heteroatoms. The minimum atomic E-state index is 0.626. The van der Waals surface area contributed by atoms with E-state index in [9.17, 15) is 0 Å². The zero-order chi connectivity index (χ0) is 14.0. The maximum atomic E-state index is 6.25. The third-order valence-corrected chi connectivity index (χ3v) is 4.30. The zero-order valence-electron chi connectivity index (χ0n) is 10.5. The van der Waals surface area contributed by atoms with Crippen LogP contribution in [0.5, 0.6) is 0 Å². The van der Waals surface area contributed by atoms with E-state index in [2.05, 4.69) is 54.1 Å². The number of benzene rings is 1. The van der Waals surface area contributed by atoms with Crippen molar-refractivity contribution < 1.29 is 0 Å². The molecule has 2 rings (SSSR count). The Morgan fingerprint density at radius 2 is 2.00 bits per heavy atom. The minimum absolute atomic E-state index is 0.626. The van der Waals surface area contributed by atoms with Crippen LogP contribution in [-0.2, 0) is 6.42 Å². The highest BCUT2D eigenvalue weighted by Crippen LogP contribution is 2.32. The monoisotopic (exact) mass is 403 g/mol. The molecule has 0 saturated heterocycles. The first-order valence-corrected chi connectivity index (χ1v) is 7.72. The van der Waals surface area contributed by atoms with Gasteiger partial charge in [-0.05, 0) is 40.5 Å². The van der Waals surface area contributed by atoms with Gasteiger partial charge in [-0.15, -0.1) is 0 Å². The molecule has 0 spiro atoms. The lowest BCUT2D eigenvalue weighted by Gasteiger charge is -2.11. The van der Waals surface area contributed by atoms with E-state index in [0.29, 0.717) is 10.8 Å². The lowest BCUT2D eigenvalue weighted by molar-refractivity contribution is 0.991. The summed E-state index contributed by atoms with van der Waals surface area (Å²) >= 11 is 13.2. The van der Waals surface area contributed by atoms with Crippen molar-refractivity contribution in [1.82, 2.24) is 9.97 Å². The highest BCUT2D eigenvalue weighted by atomic mass is 79.9. The number of nitrogens with one attached hydrogen (secondary N) is 1. The number of aromatic nitrogens is 2. The van der Waals surface area contributed by atoms with Crippen LogP contribution in [0.1, 0.15) is 12.6 Å².